The average Bonchev–Trinajstić information content (AvgIpc) is 3.50. The molecule has 0 saturated heterocycles. The number of aromatic nitrogens is 5. The van der Waals surface area contributed by atoms with Crippen molar-refractivity contribution < 1.29 is 0 Å². The third-order valence-corrected chi connectivity index (χ3v) is 6.30. The fourth-order valence-electron chi connectivity index (χ4n) is 4.82. The molecule has 6 aromatic rings. The first-order valence-corrected chi connectivity index (χ1v) is 11.3. The number of aromatic amines is 3. The van der Waals surface area contributed by atoms with Crippen LogP contribution in [0.2, 0.25) is 0 Å². The van der Waals surface area contributed by atoms with Gasteiger partial charge in [0.25, 0.3) is 0 Å². The van der Waals surface area contributed by atoms with Crippen LogP contribution in [0.1, 0.15) is 22.8 Å². The summed E-state index contributed by atoms with van der Waals surface area (Å²) in [6.07, 6.45) is 2.49. The van der Waals surface area contributed by atoms with E-state index in [9.17, 15) is 4.79 Å². The van der Waals surface area contributed by atoms with Crippen LogP contribution in [0.3, 0.4) is 0 Å². The summed E-state index contributed by atoms with van der Waals surface area (Å²) >= 11 is 0. The van der Waals surface area contributed by atoms with Gasteiger partial charge < -0.3 is 20.7 Å². The Bertz CT molecular complexity index is 1710. The lowest BCUT2D eigenvalue weighted by Crippen LogP contribution is -2.14. The van der Waals surface area contributed by atoms with Gasteiger partial charge in [0.2, 0.25) is 0 Å². The number of benzene rings is 2. The number of nitrogens with one attached hydrogen (secondary N) is 3. The van der Waals surface area contributed by atoms with Gasteiger partial charge in [-0.15, -0.1) is 0 Å². The third-order valence-electron chi connectivity index (χ3n) is 6.30. The number of imidazole rings is 1. The van der Waals surface area contributed by atoms with Gasteiger partial charge in [-0.3, -0.25) is 9.55 Å². The lowest BCUT2D eigenvalue weighted by molar-refractivity contribution is 0.937. The maximum atomic E-state index is 13.2. The van der Waals surface area contributed by atoms with E-state index < -0.39 is 0 Å². The molecule has 0 aliphatic heterocycles. The molecule has 0 bridgehead atoms. The lowest BCUT2D eigenvalue weighted by atomic mass is 10.0. The number of fused-ring (bicyclic) bond motifs is 2. The molecular formula is C27H24N6O. The van der Waals surface area contributed by atoms with Crippen LogP contribution in [-0.2, 0) is 13.0 Å². The van der Waals surface area contributed by atoms with E-state index in [1.807, 2.05) is 73.8 Å². The molecule has 7 heteroatoms. The minimum absolute atomic E-state index is 0.178. The molecule has 6 rings (SSSR count). The number of aryl methyl sites for hydroxylation is 1. The predicted octanol–water partition coefficient (Wildman–Crippen LogP) is 4.55. The highest BCUT2D eigenvalue weighted by molar-refractivity contribution is 5.97. The third kappa shape index (κ3) is 3.25. The van der Waals surface area contributed by atoms with E-state index in [0.717, 1.165) is 61.5 Å². The van der Waals surface area contributed by atoms with E-state index >= 15 is 0 Å². The molecule has 168 valence electrons. The largest absolute Gasteiger partial charge is 0.357 e. The van der Waals surface area contributed by atoms with E-state index in [1.54, 1.807) is 4.57 Å². The smallest absolute Gasteiger partial charge is 0.330 e. The van der Waals surface area contributed by atoms with Gasteiger partial charge >= 0.3 is 5.69 Å². The Morgan fingerprint density at radius 3 is 2.35 bits per heavy atom. The average molecular weight is 449 g/mol. The zero-order chi connectivity index (χ0) is 23.2. The summed E-state index contributed by atoms with van der Waals surface area (Å²) < 4.78 is 1.70. The molecule has 0 spiro atoms. The number of para-hydroxylation sites is 2. The van der Waals surface area contributed by atoms with Gasteiger partial charge in [0, 0.05) is 63.6 Å². The fourth-order valence-corrected chi connectivity index (χ4v) is 4.82. The van der Waals surface area contributed by atoms with Crippen molar-refractivity contribution in [2.24, 2.45) is 5.73 Å². The van der Waals surface area contributed by atoms with E-state index in [0.29, 0.717) is 13.0 Å². The molecule has 0 radical (unpaired) electrons. The standard InChI is InChI=1S/C27H24N6O/c1-16-26(20-10-3-5-12-22(20)29-16)33-15-24(32-27(33)34)25-19-9-2-4-11-21(19)31-23(25)13-17-7-6-8-18(14-28)30-17/h2-12,15,29,31H,13-14,28H2,1H3,(H,32,34). The molecule has 0 aliphatic rings. The maximum Gasteiger partial charge on any atom is 0.330 e. The Balaban J connectivity index is 1.53. The van der Waals surface area contributed by atoms with E-state index in [2.05, 4.69) is 26.0 Å². The van der Waals surface area contributed by atoms with Gasteiger partial charge in [-0.05, 0) is 31.2 Å². The second-order valence-electron chi connectivity index (χ2n) is 8.51. The van der Waals surface area contributed by atoms with Crippen molar-refractivity contribution in [2.75, 3.05) is 0 Å². The first-order valence-electron chi connectivity index (χ1n) is 11.3. The monoisotopic (exact) mass is 448 g/mol. The van der Waals surface area contributed by atoms with Crippen LogP contribution < -0.4 is 11.4 Å². The van der Waals surface area contributed by atoms with Crippen LogP contribution in [0.4, 0.5) is 0 Å². The normalized spacial score (nSPS) is 11.6. The topological polar surface area (TPSA) is 108 Å². The Hall–Kier alpha value is -4.36. The first kappa shape index (κ1) is 20.3. The number of H-pyrrole nitrogens is 3. The van der Waals surface area contributed by atoms with E-state index in [-0.39, 0.29) is 5.69 Å². The quantitative estimate of drug-likeness (QED) is 0.311. The molecule has 4 aromatic heterocycles. The van der Waals surface area contributed by atoms with Crippen molar-refractivity contribution in [1.29, 1.82) is 0 Å². The lowest BCUT2D eigenvalue weighted by Gasteiger charge is -2.05. The summed E-state index contributed by atoms with van der Waals surface area (Å²) in [4.78, 5) is 27.9. The first-order chi connectivity index (χ1) is 16.6. The number of rotatable bonds is 5. The van der Waals surface area contributed by atoms with Crippen LogP contribution >= 0.6 is 0 Å². The molecule has 7 nitrogen and oxygen atoms in total. The summed E-state index contributed by atoms with van der Waals surface area (Å²) in [6, 6.07) is 22.0. The van der Waals surface area contributed by atoms with Gasteiger partial charge in [0.1, 0.15) is 0 Å². The zero-order valence-corrected chi connectivity index (χ0v) is 18.7. The van der Waals surface area contributed by atoms with Gasteiger partial charge in [0.15, 0.2) is 0 Å². The molecular weight excluding hydrogens is 424 g/mol. The summed E-state index contributed by atoms with van der Waals surface area (Å²) in [5, 5.41) is 2.06. The molecule has 5 N–H and O–H groups in total. The second kappa shape index (κ2) is 7.90. The highest BCUT2D eigenvalue weighted by Crippen LogP contribution is 2.33. The number of pyridine rings is 1. The number of nitrogens with two attached hydrogens (primary N) is 1. The number of hydrogen-bond acceptors (Lipinski definition) is 3. The van der Waals surface area contributed by atoms with Crippen molar-refractivity contribution in [3.63, 3.8) is 0 Å². The number of nitrogens with zero attached hydrogens (tertiary/aromatic N) is 2. The highest BCUT2D eigenvalue weighted by Gasteiger charge is 2.19. The Morgan fingerprint density at radius 1 is 0.853 bits per heavy atom. The van der Waals surface area contributed by atoms with Crippen molar-refractivity contribution in [3.8, 4) is 16.9 Å². The molecule has 2 aromatic carbocycles. The van der Waals surface area contributed by atoms with Gasteiger partial charge in [-0.25, -0.2) is 4.79 Å². The Labute approximate surface area is 195 Å². The number of hydrogen-bond donors (Lipinski definition) is 4. The van der Waals surface area contributed by atoms with Crippen molar-refractivity contribution in [1.82, 2.24) is 24.5 Å². The molecule has 0 unspecified atom stereocenters. The van der Waals surface area contributed by atoms with E-state index in [4.69, 9.17) is 5.73 Å². The summed E-state index contributed by atoms with van der Waals surface area (Å²) in [5.74, 6) is 0. The minimum atomic E-state index is -0.178. The van der Waals surface area contributed by atoms with E-state index in [1.165, 1.54) is 0 Å². The molecule has 0 aliphatic carbocycles. The molecule has 0 fully saturated rings. The summed E-state index contributed by atoms with van der Waals surface area (Å²) in [7, 11) is 0. The van der Waals surface area contributed by atoms with Gasteiger partial charge in [-0.2, -0.15) is 0 Å². The van der Waals surface area contributed by atoms with Crippen molar-refractivity contribution >= 4 is 21.8 Å². The maximum absolute atomic E-state index is 13.2. The molecule has 0 atom stereocenters. The summed E-state index contributed by atoms with van der Waals surface area (Å²) in [6.45, 7) is 2.38. The fraction of sp³-hybridized carbons (Fsp3) is 0.111. The predicted molar refractivity (Wildman–Crippen MR) is 135 cm³/mol. The SMILES string of the molecule is Cc1[nH]c2ccccc2c1-n1cc(-c2c(Cc3cccc(CN)n3)[nH]c3ccccc23)[nH]c1=O. The van der Waals surface area contributed by atoms with Crippen LogP contribution in [0.15, 0.2) is 77.7 Å². The Kier molecular flexibility index (Phi) is 4.71. The van der Waals surface area contributed by atoms with Gasteiger partial charge in [0.05, 0.1) is 17.1 Å². The molecule has 34 heavy (non-hydrogen) atoms. The summed E-state index contributed by atoms with van der Waals surface area (Å²) in [5.41, 5.74) is 13.9. The Morgan fingerprint density at radius 2 is 1.56 bits per heavy atom. The van der Waals surface area contributed by atoms with Crippen LogP contribution in [-0.4, -0.2) is 24.5 Å². The minimum Gasteiger partial charge on any atom is -0.357 e. The zero-order valence-electron chi connectivity index (χ0n) is 18.7. The van der Waals surface area contributed by atoms with Crippen LogP contribution in [0, 0.1) is 6.92 Å². The second-order valence-corrected chi connectivity index (χ2v) is 8.51. The molecule has 4 heterocycles. The van der Waals surface area contributed by atoms with Gasteiger partial charge in [-0.1, -0.05) is 42.5 Å². The van der Waals surface area contributed by atoms with Crippen LogP contribution in [0.5, 0.6) is 0 Å². The molecule has 0 amide bonds. The van der Waals surface area contributed by atoms with Crippen molar-refractivity contribution in [3.05, 3.63) is 106 Å². The van der Waals surface area contributed by atoms with Crippen LogP contribution in [0.25, 0.3) is 38.8 Å². The van der Waals surface area contributed by atoms with Crippen molar-refractivity contribution in [2.45, 2.75) is 19.9 Å². The highest BCUT2D eigenvalue weighted by atomic mass is 16.1. The molecule has 0 saturated carbocycles.